The molecule has 38 heavy (non-hydrogen) atoms. The highest BCUT2D eigenvalue weighted by atomic mass is 19.4. The Bertz CT molecular complexity index is 1440. The Morgan fingerprint density at radius 3 is 2.58 bits per heavy atom. The molecule has 0 bridgehead atoms. The van der Waals surface area contributed by atoms with Crippen molar-refractivity contribution in [1.29, 1.82) is 5.26 Å². The lowest BCUT2D eigenvalue weighted by Crippen LogP contribution is -2.52. The molecule has 0 aliphatic carbocycles. The molecule has 1 fully saturated rings. The van der Waals surface area contributed by atoms with Crippen LogP contribution in [-0.4, -0.2) is 73.1 Å². The van der Waals surface area contributed by atoms with Crippen molar-refractivity contribution in [3.05, 3.63) is 59.1 Å². The molecule has 0 spiro atoms. The molecular weight excluding hydrogens is 508 g/mol. The highest BCUT2D eigenvalue weighted by Gasteiger charge is 2.37. The third-order valence-corrected chi connectivity index (χ3v) is 6.16. The first-order valence-corrected chi connectivity index (χ1v) is 11.5. The van der Waals surface area contributed by atoms with Gasteiger partial charge in [-0.05, 0) is 30.7 Å². The van der Waals surface area contributed by atoms with Crippen LogP contribution in [0.5, 0.6) is 0 Å². The number of hydrogen-bond acceptors (Lipinski definition) is 8. The Labute approximate surface area is 213 Å². The standard InChI is InChI=1S/C23H20F4N10O/c1-14-31-20(23(25,26)27)33-36(14)19-3-4-29-21(32-19)34-6-8-35(9-7-34)22(38)37-18(2-5-30-37)16-10-15(13-28)11-17(24)12-16/h3-5,10-12,18H,2,6-9H2,1H3/t18-/m0/s1. The average molecular weight is 528 g/mol. The predicted molar refractivity (Wildman–Crippen MR) is 125 cm³/mol. The minimum atomic E-state index is -4.68. The predicted octanol–water partition coefficient (Wildman–Crippen LogP) is 3.07. The molecule has 3 aromatic rings. The zero-order chi connectivity index (χ0) is 27.0. The molecule has 15 heteroatoms. The molecule has 2 aliphatic heterocycles. The van der Waals surface area contributed by atoms with Crippen molar-refractivity contribution in [2.45, 2.75) is 25.6 Å². The van der Waals surface area contributed by atoms with E-state index in [0.29, 0.717) is 38.2 Å². The first-order valence-electron chi connectivity index (χ1n) is 11.5. The summed E-state index contributed by atoms with van der Waals surface area (Å²) in [4.78, 5) is 28.7. The van der Waals surface area contributed by atoms with Crippen LogP contribution in [-0.2, 0) is 6.18 Å². The summed E-state index contributed by atoms with van der Waals surface area (Å²) in [5.41, 5.74) is 0.638. The van der Waals surface area contributed by atoms with Gasteiger partial charge in [0.2, 0.25) is 5.95 Å². The van der Waals surface area contributed by atoms with Crippen LogP contribution >= 0.6 is 0 Å². The first kappa shape index (κ1) is 25.1. The van der Waals surface area contributed by atoms with Crippen LogP contribution < -0.4 is 4.90 Å². The zero-order valence-corrected chi connectivity index (χ0v) is 20.0. The van der Waals surface area contributed by atoms with E-state index in [0.717, 1.165) is 10.7 Å². The van der Waals surface area contributed by atoms with Crippen molar-refractivity contribution < 1.29 is 22.4 Å². The number of benzene rings is 1. The van der Waals surface area contributed by atoms with E-state index in [4.69, 9.17) is 5.26 Å². The highest BCUT2D eigenvalue weighted by Crippen LogP contribution is 2.31. The molecular formula is C23H20F4N10O. The van der Waals surface area contributed by atoms with Crippen LogP contribution in [0.4, 0.5) is 28.3 Å². The fourth-order valence-corrected chi connectivity index (χ4v) is 4.32. The second kappa shape index (κ2) is 9.69. The third-order valence-electron chi connectivity index (χ3n) is 6.16. The van der Waals surface area contributed by atoms with Crippen molar-refractivity contribution in [2.24, 2.45) is 5.10 Å². The van der Waals surface area contributed by atoms with Crippen molar-refractivity contribution in [3.8, 4) is 11.9 Å². The minimum absolute atomic E-state index is 0.0262. The second-order valence-corrected chi connectivity index (χ2v) is 8.64. The van der Waals surface area contributed by atoms with Crippen molar-refractivity contribution >= 4 is 18.2 Å². The summed E-state index contributed by atoms with van der Waals surface area (Å²) in [5, 5.41) is 18.1. The lowest BCUT2D eigenvalue weighted by Gasteiger charge is -2.37. The van der Waals surface area contributed by atoms with Gasteiger partial charge >= 0.3 is 12.2 Å². The van der Waals surface area contributed by atoms with E-state index in [1.165, 1.54) is 30.3 Å². The Kier molecular flexibility index (Phi) is 6.39. The molecule has 0 saturated carbocycles. The first-order chi connectivity index (χ1) is 18.1. The number of anilines is 1. The van der Waals surface area contributed by atoms with Gasteiger partial charge < -0.3 is 9.80 Å². The average Bonchev–Trinajstić information content (AvgIpc) is 3.55. The van der Waals surface area contributed by atoms with Crippen LogP contribution in [0, 0.1) is 24.1 Å². The van der Waals surface area contributed by atoms with Gasteiger partial charge in [-0.1, -0.05) is 0 Å². The van der Waals surface area contributed by atoms with Crippen LogP contribution in [0.2, 0.25) is 0 Å². The maximum absolute atomic E-state index is 14.0. The number of hydrogen-bond donors (Lipinski definition) is 0. The second-order valence-electron chi connectivity index (χ2n) is 8.64. The van der Waals surface area contributed by atoms with Crippen LogP contribution in [0.15, 0.2) is 35.6 Å². The molecule has 2 aromatic heterocycles. The van der Waals surface area contributed by atoms with Gasteiger partial charge in [0.25, 0.3) is 5.82 Å². The number of piperazine rings is 1. The molecule has 11 nitrogen and oxygen atoms in total. The lowest BCUT2D eigenvalue weighted by atomic mass is 10.0. The van der Waals surface area contributed by atoms with Gasteiger partial charge in [-0.2, -0.15) is 33.2 Å². The van der Waals surface area contributed by atoms with Gasteiger partial charge in [-0.3, -0.25) is 0 Å². The summed E-state index contributed by atoms with van der Waals surface area (Å²) in [6, 6.07) is 6.41. The summed E-state index contributed by atoms with van der Waals surface area (Å²) in [7, 11) is 0. The largest absolute Gasteiger partial charge is 0.453 e. The van der Waals surface area contributed by atoms with E-state index in [1.54, 1.807) is 22.1 Å². The summed E-state index contributed by atoms with van der Waals surface area (Å²) < 4.78 is 54.0. The molecule has 0 N–H and O–H groups in total. The topological polar surface area (TPSA) is 119 Å². The number of carbonyl (C=O) groups is 1. The van der Waals surface area contributed by atoms with Crippen molar-refractivity contribution in [2.75, 3.05) is 31.1 Å². The molecule has 1 aromatic carbocycles. The van der Waals surface area contributed by atoms with E-state index in [9.17, 15) is 22.4 Å². The number of urea groups is 1. The molecule has 1 atom stereocenters. The number of hydrazone groups is 1. The molecule has 196 valence electrons. The molecule has 2 aliphatic rings. The van der Waals surface area contributed by atoms with Crippen LogP contribution in [0.3, 0.4) is 0 Å². The molecule has 4 heterocycles. The number of nitriles is 1. The quantitative estimate of drug-likeness (QED) is 0.480. The van der Waals surface area contributed by atoms with Gasteiger partial charge in [0.05, 0.1) is 17.7 Å². The van der Waals surface area contributed by atoms with E-state index in [2.05, 4.69) is 25.2 Å². The van der Waals surface area contributed by atoms with E-state index < -0.39 is 23.9 Å². The molecule has 5 rings (SSSR count). The lowest BCUT2D eigenvalue weighted by molar-refractivity contribution is -0.144. The highest BCUT2D eigenvalue weighted by molar-refractivity contribution is 5.78. The number of carbonyl (C=O) groups excluding carboxylic acids is 1. The Morgan fingerprint density at radius 2 is 1.89 bits per heavy atom. The van der Waals surface area contributed by atoms with E-state index >= 15 is 0 Å². The van der Waals surface area contributed by atoms with Gasteiger partial charge in [0.1, 0.15) is 11.6 Å². The van der Waals surface area contributed by atoms with E-state index in [1.807, 2.05) is 6.07 Å². The van der Waals surface area contributed by atoms with Crippen LogP contribution in [0.25, 0.3) is 5.82 Å². The van der Waals surface area contributed by atoms with Gasteiger partial charge in [0, 0.05) is 51.1 Å². The Balaban J connectivity index is 1.27. The summed E-state index contributed by atoms with van der Waals surface area (Å²) in [6.45, 7) is 2.73. The van der Waals surface area contributed by atoms with Crippen molar-refractivity contribution in [1.82, 2.24) is 34.6 Å². The smallest absolute Gasteiger partial charge is 0.337 e. The summed E-state index contributed by atoms with van der Waals surface area (Å²) >= 11 is 0. The van der Waals surface area contributed by atoms with Crippen molar-refractivity contribution in [3.63, 3.8) is 0 Å². The monoisotopic (exact) mass is 528 g/mol. The molecule has 1 saturated heterocycles. The summed E-state index contributed by atoms with van der Waals surface area (Å²) in [6.07, 6.45) is -1.30. The maximum atomic E-state index is 14.0. The number of aromatic nitrogens is 5. The number of alkyl halides is 3. The number of aryl methyl sites for hydroxylation is 1. The Morgan fingerprint density at radius 1 is 1.13 bits per heavy atom. The zero-order valence-electron chi connectivity index (χ0n) is 20.0. The molecule has 0 unspecified atom stereocenters. The van der Waals surface area contributed by atoms with Gasteiger partial charge in [-0.25, -0.2) is 24.2 Å². The fourth-order valence-electron chi connectivity index (χ4n) is 4.32. The van der Waals surface area contributed by atoms with Crippen LogP contribution in [0.1, 0.15) is 35.2 Å². The molecule has 0 radical (unpaired) electrons. The number of rotatable bonds is 3. The van der Waals surface area contributed by atoms with Gasteiger partial charge in [-0.15, -0.1) is 5.10 Å². The van der Waals surface area contributed by atoms with Gasteiger partial charge in [0.15, 0.2) is 5.82 Å². The SMILES string of the molecule is Cc1nc(C(F)(F)F)nn1-c1ccnc(N2CCN(C(=O)N3N=CC[C@H]3c3cc(F)cc(C#N)c3)CC2)n1. The number of halogens is 4. The maximum Gasteiger partial charge on any atom is 0.453 e. The van der Waals surface area contributed by atoms with E-state index in [-0.39, 0.29) is 29.2 Å². The number of amides is 2. The molecule has 2 amide bonds. The Hall–Kier alpha value is -4.61. The number of nitrogens with zero attached hydrogens (tertiary/aromatic N) is 10. The summed E-state index contributed by atoms with van der Waals surface area (Å²) in [5.74, 6) is -1.38. The fraction of sp³-hybridized carbons (Fsp3) is 0.348. The normalized spacial score (nSPS) is 17.7. The third kappa shape index (κ3) is 4.84. The minimum Gasteiger partial charge on any atom is -0.337 e.